The van der Waals surface area contributed by atoms with E-state index in [-0.39, 0.29) is 0 Å². The van der Waals surface area contributed by atoms with Gasteiger partial charge in [0.25, 0.3) is 0 Å². The summed E-state index contributed by atoms with van der Waals surface area (Å²) >= 11 is 0. The number of carbonyl (C=O) groups excluding carboxylic acids is 1. The van der Waals surface area contributed by atoms with E-state index in [1.165, 1.54) is 38.8 Å². The zero-order valence-corrected chi connectivity index (χ0v) is 10.6. The van der Waals surface area contributed by atoms with Crippen LogP contribution in [0.25, 0.3) is 0 Å². The van der Waals surface area contributed by atoms with Crippen molar-refractivity contribution in [1.29, 1.82) is 0 Å². The summed E-state index contributed by atoms with van der Waals surface area (Å²) in [5.74, 6) is 0. The summed E-state index contributed by atoms with van der Waals surface area (Å²) in [5, 5.41) is 0. The number of amides is 2. The average Bonchev–Trinajstić information content (AvgIpc) is 2.96. The van der Waals surface area contributed by atoms with Crippen molar-refractivity contribution in [1.82, 2.24) is 14.7 Å². The zero-order chi connectivity index (χ0) is 11.7. The lowest BCUT2D eigenvalue weighted by atomic mass is 10.2. The maximum atomic E-state index is 12.4. The molecule has 0 aromatic rings. The summed E-state index contributed by atoms with van der Waals surface area (Å²) < 4.78 is 0. The minimum Gasteiger partial charge on any atom is -0.325 e. The topological polar surface area (TPSA) is 26.8 Å². The number of likely N-dealkylation sites (tertiary alicyclic amines) is 1. The van der Waals surface area contributed by atoms with Crippen LogP contribution in [0.2, 0.25) is 0 Å². The largest absolute Gasteiger partial charge is 0.325 e. The number of rotatable bonds is 0. The monoisotopic (exact) mass is 237 g/mol. The smallest absolute Gasteiger partial charge is 0.320 e. The first-order chi connectivity index (χ1) is 8.34. The Bertz CT molecular complexity index is 288. The fourth-order valence-electron chi connectivity index (χ4n) is 3.49. The Morgan fingerprint density at radius 2 is 1.53 bits per heavy atom. The molecule has 0 saturated carbocycles. The standard InChI is InChI=1S/C13H23N3O/c17-13(15-6-1-2-7-15)16-10-4-9-14-8-3-5-12(14)11-16/h12H,1-11H2. The fraction of sp³-hybridized carbons (Fsp3) is 0.923. The molecular weight excluding hydrogens is 214 g/mol. The number of hydrogen-bond donors (Lipinski definition) is 0. The lowest BCUT2D eigenvalue weighted by molar-refractivity contribution is 0.156. The highest BCUT2D eigenvalue weighted by Crippen LogP contribution is 2.22. The minimum atomic E-state index is 0.302. The van der Waals surface area contributed by atoms with E-state index in [4.69, 9.17) is 0 Å². The van der Waals surface area contributed by atoms with Gasteiger partial charge >= 0.3 is 6.03 Å². The van der Waals surface area contributed by atoms with Crippen molar-refractivity contribution in [2.45, 2.75) is 38.1 Å². The fourth-order valence-corrected chi connectivity index (χ4v) is 3.49. The van der Waals surface area contributed by atoms with Crippen molar-refractivity contribution in [3.05, 3.63) is 0 Å². The van der Waals surface area contributed by atoms with Crippen LogP contribution >= 0.6 is 0 Å². The molecule has 3 saturated heterocycles. The molecule has 4 nitrogen and oxygen atoms in total. The summed E-state index contributed by atoms with van der Waals surface area (Å²) in [7, 11) is 0. The summed E-state index contributed by atoms with van der Waals surface area (Å²) in [5.41, 5.74) is 0. The Hall–Kier alpha value is -0.770. The van der Waals surface area contributed by atoms with E-state index in [2.05, 4.69) is 9.80 Å². The second kappa shape index (κ2) is 4.84. The van der Waals surface area contributed by atoms with Gasteiger partial charge in [0.15, 0.2) is 0 Å². The van der Waals surface area contributed by atoms with Gasteiger partial charge in [0, 0.05) is 38.8 Å². The van der Waals surface area contributed by atoms with Gasteiger partial charge in [-0.15, -0.1) is 0 Å². The molecule has 17 heavy (non-hydrogen) atoms. The van der Waals surface area contributed by atoms with Gasteiger partial charge in [0.05, 0.1) is 0 Å². The molecular formula is C13H23N3O. The van der Waals surface area contributed by atoms with Gasteiger partial charge in [-0.05, 0) is 38.6 Å². The molecule has 3 rings (SSSR count). The maximum Gasteiger partial charge on any atom is 0.320 e. The molecule has 0 spiro atoms. The molecule has 0 bridgehead atoms. The Morgan fingerprint density at radius 3 is 2.35 bits per heavy atom. The lowest BCUT2D eigenvalue weighted by Gasteiger charge is -2.29. The van der Waals surface area contributed by atoms with Gasteiger partial charge in [-0.1, -0.05) is 0 Å². The van der Waals surface area contributed by atoms with Crippen molar-refractivity contribution in [3.8, 4) is 0 Å². The van der Waals surface area contributed by atoms with Crippen LogP contribution < -0.4 is 0 Å². The Balaban J connectivity index is 1.63. The van der Waals surface area contributed by atoms with Crippen molar-refractivity contribution in [3.63, 3.8) is 0 Å². The molecule has 0 aromatic heterocycles. The molecule has 1 unspecified atom stereocenters. The second-order valence-electron chi connectivity index (χ2n) is 5.61. The number of fused-ring (bicyclic) bond motifs is 1. The molecule has 3 fully saturated rings. The highest BCUT2D eigenvalue weighted by atomic mass is 16.2. The Kier molecular flexibility index (Phi) is 3.23. The molecule has 0 radical (unpaired) electrons. The molecule has 3 aliphatic heterocycles. The van der Waals surface area contributed by atoms with Gasteiger partial charge in [-0.3, -0.25) is 4.90 Å². The molecule has 1 atom stereocenters. The van der Waals surface area contributed by atoms with Crippen molar-refractivity contribution < 1.29 is 4.79 Å². The molecule has 0 aliphatic carbocycles. The van der Waals surface area contributed by atoms with E-state index in [0.29, 0.717) is 12.1 Å². The quantitative estimate of drug-likeness (QED) is 0.636. The normalized spacial score (nSPS) is 30.5. The van der Waals surface area contributed by atoms with E-state index in [1.54, 1.807) is 0 Å². The molecule has 96 valence electrons. The summed E-state index contributed by atoms with van der Waals surface area (Å²) in [4.78, 5) is 19.1. The van der Waals surface area contributed by atoms with E-state index < -0.39 is 0 Å². The van der Waals surface area contributed by atoms with Crippen molar-refractivity contribution >= 4 is 6.03 Å². The van der Waals surface area contributed by atoms with Gasteiger partial charge in [0.2, 0.25) is 0 Å². The van der Waals surface area contributed by atoms with Crippen LogP contribution in [-0.2, 0) is 0 Å². The van der Waals surface area contributed by atoms with Crippen LogP contribution in [-0.4, -0.2) is 66.0 Å². The first-order valence-corrected chi connectivity index (χ1v) is 7.12. The number of nitrogens with zero attached hydrogens (tertiary/aromatic N) is 3. The average molecular weight is 237 g/mol. The molecule has 2 amide bonds. The van der Waals surface area contributed by atoms with Crippen LogP contribution in [0.15, 0.2) is 0 Å². The molecule has 0 aromatic carbocycles. The van der Waals surface area contributed by atoms with Gasteiger partial charge in [-0.25, -0.2) is 4.79 Å². The van der Waals surface area contributed by atoms with E-state index in [0.717, 1.165) is 32.6 Å². The number of carbonyl (C=O) groups is 1. The van der Waals surface area contributed by atoms with Gasteiger partial charge < -0.3 is 9.80 Å². The highest BCUT2D eigenvalue weighted by molar-refractivity contribution is 5.74. The van der Waals surface area contributed by atoms with Crippen LogP contribution in [0.4, 0.5) is 4.79 Å². The molecule has 4 heteroatoms. The third kappa shape index (κ3) is 2.28. The van der Waals surface area contributed by atoms with E-state index in [1.807, 2.05) is 4.90 Å². The predicted molar refractivity (Wildman–Crippen MR) is 67.0 cm³/mol. The molecule has 3 aliphatic rings. The first kappa shape index (κ1) is 11.3. The summed E-state index contributed by atoms with van der Waals surface area (Å²) in [6.45, 7) is 6.32. The number of urea groups is 1. The second-order valence-corrected chi connectivity index (χ2v) is 5.61. The minimum absolute atomic E-state index is 0.302. The zero-order valence-electron chi connectivity index (χ0n) is 10.6. The molecule has 0 N–H and O–H groups in total. The van der Waals surface area contributed by atoms with Gasteiger partial charge in [0.1, 0.15) is 0 Å². The van der Waals surface area contributed by atoms with E-state index >= 15 is 0 Å². The van der Waals surface area contributed by atoms with Crippen LogP contribution in [0.5, 0.6) is 0 Å². The third-order valence-electron chi connectivity index (χ3n) is 4.45. The lowest BCUT2D eigenvalue weighted by Crippen LogP contribution is -2.45. The highest BCUT2D eigenvalue weighted by Gasteiger charge is 2.32. The summed E-state index contributed by atoms with van der Waals surface area (Å²) in [6, 6.07) is 0.945. The van der Waals surface area contributed by atoms with Crippen molar-refractivity contribution in [2.24, 2.45) is 0 Å². The summed E-state index contributed by atoms with van der Waals surface area (Å²) in [6.07, 6.45) is 6.13. The SMILES string of the molecule is O=C(N1CCCC1)N1CCCN2CCCC2C1. The maximum absolute atomic E-state index is 12.4. The van der Waals surface area contributed by atoms with Gasteiger partial charge in [-0.2, -0.15) is 0 Å². The predicted octanol–water partition coefficient (Wildman–Crippen LogP) is 1.37. The van der Waals surface area contributed by atoms with Crippen LogP contribution in [0, 0.1) is 0 Å². The van der Waals surface area contributed by atoms with Crippen molar-refractivity contribution in [2.75, 3.05) is 39.3 Å². The van der Waals surface area contributed by atoms with E-state index in [9.17, 15) is 4.79 Å². The van der Waals surface area contributed by atoms with Crippen LogP contribution in [0.1, 0.15) is 32.1 Å². The first-order valence-electron chi connectivity index (χ1n) is 7.12. The number of hydrogen-bond acceptors (Lipinski definition) is 2. The Labute approximate surface area is 104 Å². The van der Waals surface area contributed by atoms with Crippen LogP contribution in [0.3, 0.4) is 0 Å². The third-order valence-corrected chi connectivity index (χ3v) is 4.45. The molecule has 3 heterocycles. The Morgan fingerprint density at radius 1 is 0.824 bits per heavy atom.